The van der Waals surface area contributed by atoms with E-state index in [1.165, 1.54) is 7.05 Å². The smallest absolute Gasteiger partial charge is 0.355 e. The summed E-state index contributed by atoms with van der Waals surface area (Å²) in [6, 6.07) is 0. The Bertz CT molecular complexity index is 617. The van der Waals surface area contributed by atoms with Crippen molar-refractivity contribution in [2.75, 3.05) is 25.1 Å². The van der Waals surface area contributed by atoms with Crippen LogP contribution in [0.3, 0.4) is 0 Å². The molecule has 0 amide bonds. The van der Waals surface area contributed by atoms with Crippen molar-refractivity contribution in [2.24, 2.45) is 4.99 Å². The van der Waals surface area contributed by atoms with Gasteiger partial charge < -0.3 is 10.6 Å². The van der Waals surface area contributed by atoms with Crippen LogP contribution in [0.1, 0.15) is 17.6 Å². The van der Waals surface area contributed by atoms with Crippen molar-refractivity contribution in [3.8, 4) is 0 Å². The lowest BCUT2D eigenvalue weighted by Crippen LogP contribution is -2.39. The minimum absolute atomic E-state index is 0. The second-order valence-electron chi connectivity index (χ2n) is 4.21. The number of hydrogen-bond donors (Lipinski definition) is 2. The third-order valence-electron chi connectivity index (χ3n) is 2.62. The minimum Gasteiger partial charge on any atom is -0.355 e. The molecule has 0 bridgehead atoms. The molecule has 1 aromatic heterocycles. The molecular weight excluding hydrogens is 468 g/mol. The van der Waals surface area contributed by atoms with Gasteiger partial charge in [-0.3, -0.25) is 4.99 Å². The van der Waals surface area contributed by atoms with Gasteiger partial charge in [-0.15, -0.1) is 35.3 Å². The first-order valence-electron chi connectivity index (χ1n) is 6.34. The molecule has 0 aromatic carbocycles. The van der Waals surface area contributed by atoms with E-state index in [-0.39, 0.29) is 53.6 Å². The summed E-state index contributed by atoms with van der Waals surface area (Å²) in [5.74, 6) is 0.315. The maximum Gasteiger partial charge on any atom is 0.434 e. The van der Waals surface area contributed by atoms with E-state index in [4.69, 9.17) is 0 Å². The highest BCUT2D eigenvalue weighted by Gasteiger charge is 2.33. The molecule has 1 rings (SSSR count). The number of hydrogen-bond acceptors (Lipinski definition) is 5. The minimum atomic E-state index is -4.46. The van der Waals surface area contributed by atoms with E-state index in [1.807, 2.05) is 0 Å². The molecule has 6 nitrogen and oxygen atoms in total. The summed E-state index contributed by atoms with van der Waals surface area (Å²) in [6.07, 6.45) is -4.46. The Hall–Kier alpha value is -0.630. The number of aromatic nitrogens is 1. The summed E-state index contributed by atoms with van der Waals surface area (Å²) >= 11 is 0.888. The van der Waals surface area contributed by atoms with E-state index >= 15 is 0 Å². The Morgan fingerprint density at radius 3 is 2.52 bits per heavy atom. The zero-order valence-corrected chi connectivity index (χ0v) is 16.4. The number of alkyl halides is 3. The summed E-state index contributed by atoms with van der Waals surface area (Å²) in [4.78, 5) is 7.33. The van der Waals surface area contributed by atoms with Gasteiger partial charge >= 0.3 is 6.18 Å². The van der Waals surface area contributed by atoms with Crippen molar-refractivity contribution >= 4 is 51.1 Å². The lowest BCUT2D eigenvalue weighted by Gasteiger charge is -2.10. The molecule has 12 heteroatoms. The van der Waals surface area contributed by atoms with Gasteiger partial charge in [0.2, 0.25) is 0 Å². The largest absolute Gasteiger partial charge is 0.434 e. The molecule has 0 radical (unpaired) electrons. The Balaban J connectivity index is 0.00000484. The number of nitrogens with zero attached hydrogens (tertiary/aromatic N) is 2. The first-order chi connectivity index (χ1) is 10.2. The molecule has 0 aliphatic heterocycles. The van der Waals surface area contributed by atoms with E-state index in [1.54, 1.807) is 6.92 Å². The summed E-state index contributed by atoms with van der Waals surface area (Å²) < 4.78 is 59.9. The molecule has 0 saturated heterocycles. The van der Waals surface area contributed by atoms with Crippen LogP contribution >= 0.6 is 35.3 Å². The summed E-state index contributed by atoms with van der Waals surface area (Å²) in [7, 11) is -1.61. The molecule has 0 atom stereocenters. The fraction of sp³-hybridized carbons (Fsp3) is 0.636. The van der Waals surface area contributed by atoms with Crippen LogP contribution in [-0.2, 0) is 22.6 Å². The fourth-order valence-electron chi connectivity index (χ4n) is 1.37. The molecule has 0 saturated carbocycles. The number of guanidine groups is 1. The molecule has 134 valence electrons. The molecular formula is C11H18F3IN4O2S2. The molecule has 23 heavy (non-hydrogen) atoms. The van der Waals surface area contributed by atoms with E-state index in [0.29, 0.717) is 5.96 Å². The number of halogens is 4. The zero-order valence-electron chi connectivity index (χ0n) is 12.5. The third kappa shape index (κ3) is 8.15. The van der Waals surface area contributed by atoms with Gasteiger partial charge in [0.05, 0.1) is 12.3 Å². The number of nitrogens with one attached hydrogen (secondary N) is 2. The predicted molar refractivity (Wildman–Crippen MR) is 95.1 cm³/mol. The van der Waals surface area contributed by atoms with Crippen molar-refractivity contribution in [1.82, 2.24) is 15.6 Å². The molecule has 1 aromatic rings. The number of rotatable bonds is 6. The van der Waals surface area contributed by atoms with E-state index in [0.717, 1.165) is 16.7 Å². The summed E-state index contributed by atoms with van der Waals surface area (Å²) in [5, 5.41) is 6.77. The van der Waals surface area contributed by atoms with Crippen LogP contribution in [0, 0.1) is 0 Å². The predicted octanol–water partition coefficient (Wildman–Crippen LogP) is 1.88. The Kier molecular flexibility index (Phi) is 9.35. The van der Waals surface area contributed by atoms with Crippen LogP contribution in [0.25, 0.3) is 0 Å². The average molecular weight is 486 g/mol. The Labute approximate surface area is 153 Å². The van der Waals surface area contributed by atoms with Crippen molar-refractivity contribution in [2.45, 2.75) is 19.6 Å². The first-order valence-corrected chi connectivity index (χ1v) is 9.04. The van der Waals surface area contributed by atoms with Crippen molar-refractivity contribution in [3.63, 3.8) is 0 Å². The zero-order chi connectivity index (χ0) is 16.8. The van der Waals surface area contributed by atoms with Crippen LogP contribution in [0.5, 0.6) is 0 Å². The molecule has 1 heterocycles. The van der Waals surface area contributed by atoms with Crippen LogP contribution in [0.4, 0.5) is 13.2 Å². The second-order valence-corrected chi connectivity index (χ2v) is 7.63. The van der Waals surface area contributed by atoms with Gasteiger partial charge in [-0.05, 0) is 0 Å². The SMILES string of the molecule is CCS(=O)(=O)CCNC(=NC)NCc1nc(C(F)(F)F)cs1.I. The number of sulfone groups is 1. The average Bonchev–Trinajstić information content (AvgIpc) is 2.91. The van der Waals surface area contributed by atoms with Gasteiger partial charge in [-0.25, -0.2) is 13.4 Å². The molecule has 0 aliphatic carbocycles. The standard InChI is InChI=1S/C11H17F3N4O2S2.HI/c1-3-22(19,20)5-4-16-10(15-2)17-6-9-18-8(7-21-9)11(12,13)14;/h7H,3-6H2,1-2H3,(H2,15,16,17);1H. The van der Waals surface area contributed by atoms with E-state index in [2.05, 4.69) is 20.6 Å². The van der Waals surface area contributed by atoms with Crippen molar-refractivity contribution in [1.29, 1.82) is 0 Å². The highest BCUT2D eigenvalue weighted by atomic mass is 127. The summed E-state index contributed by atoms with van der Waals surface area (Å²) in [6.45, 7) is 1.80. The maximum absolute atomic E-state index is 12.4. The summed E-state index contributed by atoms with van der Waals surface area (Å²) in [5.41, 5.74) is -0.925. The maximum atomic E-state index is 12.4. The van der Waals surface area contributed by atoms with Crippen LogP contribution in [0.2, 0.25) is 0 Å². The van der Waals surface area contributed by atoms with Crippen molar-refractivity contribution in [3.05, 3.63) is 16.1 Å². The Morgan fingerprint density at radius 2 is 2.04 bits per heavy atom. The van der Waals surface area contributed by atoms with Gasteiger partial charge in [0.1, 0.15) is 5.01 Å². The lowest BCUT2D eigenvalue weighted by atomic mass is 10.5. The second kappa shape index (κ2) is 9.61. The lowest BCUT2D eigenvalue weighted by molar-refractivity contribution is -0.140. The highest BCUT2D eigenvalue weighted by molar-refractivity contribution is 14.0. The molecule has 2 N–H and O–H groups in total. The normalized spacial score (nSPS) is 12.7. The number of thiazole rings is 1. The van der Waals surface area contributed by atoms with E-state index < -0.39 is 21.7 Å². The first kappa shape index (κ1) is 22.4. The van der Waals surface area contributed by atoms with Gasteiger partial charge in [0, 0.05) is 24.7 Å². The van der Waals surface area contributed by atoms with Crippen LogP contribution in [-0.4, -0.2) is 44.5 Å². The van der Waals surface area contributed by atoms with E-state index in [9.17, 15) is 21.6 Å². The number of aliphatic imine (C=N–C) groups is 1. The van der Waals surface area contributed by atoms with Crippen molar-refractivity contribution < 1.29 is 21.6 Å². The highest BCUT2D eigenvalue weighted by Crippen LogP contribution is 2.29. The molecule has 0 aliphatic rings. The van der Waals surface area contributed by atoms with Crippen LogP contribution < -0.4 is 10.6 Å². The quantitative estimate of drug-likeness (QED) is 0.365. The van der Waals surface area contributed by atoms with Gasteiger partial charge in [-0.1, -0.05) is 6.92 Å². The third-order valence-corrected chi connectivity index (χ3v) is 5.17. The topological polar surface area (TPSA) is 83.5 Å². The van der Waals surface area contributed by atoms with Crippen LogP contribution in [0.15, 0.2) is 10.4 Å². The Morgan fingerprint density at radius 1 is 1.39 bits per heavy atom. The monoisotopic (exact) mass is 486 g/mol. The fourth-order valence-corrected chi connectivity index (χ4v) is 2.81. The molecule has 0 spiro atoms. The van der Waals surface area contributed by atoms with Gasteiger partial charge in [0.25, 0.3) is 0 Å². The molecule has 0 unspecified atom stereocenters. The van der Waals surface area contributed by atoms with Gasteiger partial charge in [0.15, 0.2) is 21.5 Å². The molecule has 0 fully saturated rings. The van der Waals surface area contributed by atoms with Gasteiger partial charge in [-0.2, -0.15) is 13.2 Å².